The van der Waals surface area contributed by atoms with Crippen LogP contribution in [0.2, 0.25) is 0 Å². The van der Waals surface area contributed by atoms with Crippen LogP contribution in [0.25, 0.3) is 5.69 Å². The molecule has 0 spiro atoms. The first kappa shape index (κ1) is 15.2. The van der Waals surface area contributed by atoms with Crippen molar-refractivity contribution in [1.82, 2.24) is 15.0 Å². The summed E-state index contributed by atoms with van der Waals surface area (Å²) in [6.07, 6.45) is 0.575. The highest BCUT2D eigenvalue weighted by molar-refractivity contribution is 5.39. The maximum absolute atomic E-state index is 13.1. The molecule has 118 valence electrons. The Morgan fingerprint density at radius 2 is 1.78 bits per heavy atom. The summed E-state index contributed by atoms with van der Waals surface area (Å²) in [5.74, 6) is 0.516. The number of rotatable bonds is 5. The lowest BCUT2D eigenvalue weighted by Gasteiger charge is -2.09. The van der Waals surface area contributed by atoms with Gasteiger partial charge in [0.15, 0.2) is 0 Å². The standard InChI is InChI=1S/C17H17FN4O/c1-23-15-8-6-14(7-9-15)22-17(16(11-19)20-21-22)10-12-2-4-13(18)5-3-12/h2-9H,10-11,19H2,1H3. The van der Waals surface area contributed by atoms with Crippen molar-refractivity contribution in [3.63, 3.8) is 0 Å². The van der Waals surface area contributed by atoms with E-state index in [1.165, 1.54) is 12.1 Å². The topological polar surface area (TPSA) is 66.0 Å². The van der Waals surface area contributed by atoms with E-state index < -0.39 is 0 Å². The van der Waals surface area contributed by atoms with E-state index in [1.54, 1.807) is 23.9 Å². The van der Waals surface area contributed by atoms with E-state index >= 15 is 0 Å². The van der Waals surface area contributed by atoms with Crippen molar-refractivity contribution in [3.05, 3.63) is 71.3 Å². The van der Waals surface area contributed by atoms with E-state index in [2.05, 4.69) is 10.3 Å². The van der Waals surface area contributed by atoms with Gasteiger partial charge in [0.2, 0.25) is 0 Å². The van der Waals surface area contributed by atoms with Crippen LogP contribution >= 0.6 is 0 Å². The van der Waals surface area contributed by atoms with E-state index in [9.17, 15) is 4.39 Å². The number of benzene rings is 2. The fourth-order valence-corrected chi connectivity index (χ4v) is 2.39. The number of aromatic nitrogens is 3. The third kappa shape index (κ3) is 3.22. The molecule has 0 bridgehead atoms. The van der Waals surface area contributed by atoms with Gasteiger partial charge in [-0.3, -0.25) is 0 Å². The van der Waals surface area contributed by atoms with Crippen LogP contribution in [0.4, 0.5) is 4.39 Å². The Labute approximate surface area is 133 Å². The molecule has 0 amide bonds. The molecule has 0 radical (unpaired) electrons. The number of hydrogen-bond acceptors (Lipinski definition) is 4. The smallest absolute Gasteiger partial charge is 0.123 e. The molecule has 2 N–H and O–H groups in total. The van der Waals surface area contributed by atoms with E-state index in [0.717, 1.165) is 28.4 Å². The Kier molecular flexibility index (Phi) is 4.34. The van der Waals surface area contributed by atoms with Crippen molar-refractivity contribution >= 4 is 0 Å². The monoisotopic (exact) mass is 312 g/mol. The second kappa shape index (κ2) is 6.58. The summed E-state index contributed by atoms with van der Waals surface area (Å²) in [4.78, 5) is 0. The molecule has 23 heavy (non-hydrogen) atoms. The predicted molar refractivity (Wildman–Crippen MR) is 85.0 cm³/mol. The number of halogens is 1. The summed E-state index contributed by atoms with van der Waals surface area (Å²) in [5.41, 5.74) is 9.23. The molecule has 3 aromatic rings. The van der Waals surface area contributed by atoms with Crippen LogP contribution < -0.4 is 10.5 Å². The zero-order valence-electron chi connectivity index (χ0n) is 12.7. The molecule has 1 aromatic heterocycles. The lowest BCUT2D eigenvalue weighted by atomic mass is 10.1. The summed E-state index contributed by atoms with van der Waals surface area (Å²) >= 11 is 0. The third-order valence-corrected chi connectivity index (χ3v) is 3.64. The molecule has 5 nitrogen and oxygen atoms in total. The van der Waals surface area contributed by atoms with Crippen molar-refractivity contribution in [1.29, 1.82) is 0 Å². The summed E-state index contributed by atoms with van der Waals surface area (Å²) < 4.78 is 20.0. The van der Waals surface area contributed by atoms with Gasteiger partial charge in [0.1, 0.15) is 17.3 Å². The molecule has 0 aliphatic carbocycles. The minimum Gasteiger partial charge on any atom is -0.497 e. The molecule has 0 aliphatic heterocycles. The van der Waals surface area contributed by atoms with Crippen molar-refractivity contribution in [2.45, 2.75) is 13.0 Å². The number of nitrogens with zero attached hydrogens (tertiary/aromatic N) is 3. The van der Waals surface area contributed by atoms with Crippen LogP contribution in [0.15, 0.2) is 48.5 Å². The van der Waals surface area contributed by atoms with Crippen molar-refractivity contribution in [2.75, 3.05) is 7.11 Å². The molecule has 6 heteroatoms. The van der Waals surface area contributed by atoms with E-state index in [-0.39, 0.29) is 5.82 Å². The zero-order valence-corrected chi connectivity index (χ0v) is 12.7. The Balaban J connectivity index is 1.97. The van der Waals surface area contributed by atoms with Gasteiger partial charge in [-0.05, 0) is 42.0 Å². The quantitative estimate of drug-likeness (QED) is 0.786. The van der Waals surface area contributed by atoms with Crippen molar-refractivity contribution in [2.24, 2.45) is 5.73 Å². The van der Waals surface area contributed by atoms with Crippen LogP contribution in [0.1, 0.15) is 17.0 Å². The molecule has 3 rings (SSSR count). The maximum Gasteiger partial charge on any atom is 0.123 e. The lowest BCUT2D eigenvalue weighted by Crippen LogP contribution is -2.07. The van der Waals surface area contributed by atoms with Gasteiger partial charge in [-0.15, -0.1) is 5.10 Å². The van der Waals surface area contributed by atoms with E-state index in [1.807, 2.05) is 24.3 Å². The van der Waals surface area contributed by atoms with Gasteiger partial charge in [0.05, 0.1) is 18.5 Å². The zero-order chi connectivity index (χ0) is 16.2. The molecule has 0 atom stereocenters. The molecule has 2 aromatic carbocycles. The predicted octanol–water partition coefficient (Wildman–Crippen LogP) is 2.46. The number of hydrogen-bond donors (Lipinski definition) is 1. The molecule has 0 fully saturated rings. The molecule has 0 unspecified atom stereocenters. The molecule has 0 saturated heterocycles. The first-order chi connectivity index (χ1) is 11.2. The first-order valence-electron chi connectivity index (χ1n) is 7.23. The number of methoxy groups -OCH3 is 1. The first-order valence-corrected chi connectivity index (χ1v) is 7.23. The van der Waals surface area contributed by atoms with Gasteiger partial charge in [0.25, 0.3) is 0 Å². The van der Waals surface area contributed by atoms with E-state index in [0.29, 0.717) is 13.0 Å². The largest absolute Gasteiger partial charge is 0.497 e. The highest BCUT2D eigenvalue weighted by Crippen LogP contribution is 2.19. The van der Waals surface area contributed by atoms with Crippen molar-refractivity contribution in [3.8, 4) is 11.4 Å². The Morgan fingerprint density at radius 3 is 2.39 bits per heavy atom. The van der Waals surface area contributed by atoms with Gasteiger partial charge in [-0.1, -0.05) is 17.3 Å². The highest BCUT2D eigenvalue weighted by atomic mass is 19.1. The van der Waals surface area contributed by atoms with Crippen molar-refractivity contribution < 1.29 is 9.13 Å². The Bertz CT molecular complexity index is 781. The van der Waals surface area contributed by atoms with Gasteiger partial charge in [-0.2, -0.15) is 0 Å². The lowest BCUT2D eigenvalue weighted by molar-refractivity contribution is 0.414. The minimum absolute atomic E-state index is 0.255. The second-order valence-corrected chi connectivity index (χ2v) is 5.10. The van der Waals surface area contributed by atoms with Crippen LogP contribution in [0.3, 0.4) is 0 Å². The van der Waals surface area contributed by atoms with Gasteiger partial charge < -0.3 is 10.5 Å². The summed E-state index contributed by atoms with van der Waals surface area (Å²) in [6.45, 7) is 0.298. The maximum atomic E-state index is 13.1. The van der Waals surface area contributed by atoms with Crippen LogP contribution in [-0.4, -0.2) is 22.1 Å². The van der Waals surface area contributed by atoms with Crippen LogP contribution in [-0.2, 0) is 13.0 Å². The highest BCUT2D eigenvalue weighted by Gasteiger charge is 2.14. The normalized spacial score (nSPS) is 10.7. The van der Waals surface area contributed by atoms with Gasteiger partial charge in [0, 0.05) is 13.0 Å². The summed E-state index contributed by atoms with van der Waals surface area (Å²) in [6, 6.07) is 13.9. The molecule has 1 heterocycles. The number of nitrogens with two attached hydrogens (primary N) is 1. The third-order valence-electron chi connectivity index (χ3n) is 3.64. The summed E-state index contributed by atoms with van der Waals surface area (Å²) in [5, 5.41) is 8.35. The average Bonchev–Trinajstić information content (AvgIpc) is 2.99. The SMILES string of the molecule is COc1ccc(-n2nnc(CN)c2Cc2ccc(F)cc2)cc1. The van der Waals surface area contributed by atoms with E-state index in [4.69, 9.17) is 10.5 Å². The molecular weight excluding hydrogens is 295 g/mol. The van der Waals surface area contributed by atoms with Gasteiger partial charge >= 0.3 is 0 Å². The average molecular weight is 312 g/mol. The summed E-state index contributed by atoms with van der Waals surface area (Å²) in [7, 11) is 1.62. The second-order valence-electron chi connectivity index (χ2n) is 5.10. The number of ether oxygens (including phenoxy) is 1. The fraction of sp³-hybridized carbons (Fsp3) is 0.176. The Hall–Kier alpha value is -2.73. The Morgan fingerprint density at radius 1 is 1.09 bits per heavy atom. The molecule has 0 aliphatic rings. The fourth-order valence-electron chi connectivity index (χ4n) is 2.39. The molecular formula is C17H17FN4O. The molecule has 0 saturated carbocycles. The van der Waals surface area contributed by atoms with Crippen LogP contribution in [0.5, 0.6) is 5.75 Å². The van der Waals surface area contributed by atoms with Crippen LogP contribution in [0, 0.1) is 5.82 Å². The minimum atomic E-state index is -0.255. The van der Waals surface area contributed by atoms with Gasteiger partial charge in [-0.25, -0.2) is 9.07 Å².